The predicted molar refractivity (Wildman–Crippen MR) is 61.2 cm³/mol. The predicted octanol–water partition coefficient (Wildman–Crippen LogP) is 1.59. The van der Waals surface area contributed by atoms with E-state index in [2.05, 4.69) is 12.2 Å². The molecule has 0 aliphatic carbocycles. The first kappa shape index (κ1) is 10.9. The molecule has 0 bridgehead atoms. The van der Waals surface area contributed by atoms with Gasteiger partial charge in [0.1, 0.15) is 5.76 Å². The standard InChI is InChI=1S/C11H17NO2S/c1-9-2-5-14-11(9)8-12-10-3-6-15(13)7-4-10/h2,5,10,12H,3-4,6-8H2,1H3. The van der Waals surface area contributed by atoms with Crippen LogP contribution in [0.15, 0.2) is 16.7 Å². The minimum absolute atomic E-state index is 0.507. The van der Waals surface area contributed by atoms with E-state index >= 15 is 0 Å². The molecule has 0 unspecified atom stereocenters. The number of furan rings is 1. The summed E-state index contributed by atoms with van der Waals surface area (Å²) in [6.07, 6.45) is 3.76. The van der Waals surface area contributed by atoms with Crippen LogP contribution in [0.2, 0.25) is 0 Å². The van der Waals surface area contributed by atoms with Crippen LogP contribution >= 0.6 is 0 Å². The van der Waals surface area contributed by atoms with Gasteiger partial charge in [-0.15, -0.1) is 0 Å². The highest BCUT2D eigenvalue weighted by Crippen LogP contribution is 2.12. The maximum Gasteiger partial charge on any atom is 0.120 e. The van der Waals surface area contributed by atoms with Crippen molar-refractivity contribution in [1.29, 1.82) is 0 Å². The average Bonchev–Trinajstić information content (AvgIpc) is 2.63. The van der Waals surface area contributed by atoms with Gasteiger partial charge in [-0.05, 0) is 31.4 Å². The Morgan fingerprint density at radius 1 is 1.53 bits per heavy atom. The van der Waals surface area contributed by atoms with E-state index in [-0.39, 0.29) is 0 Å². The lowest BCUT2D eigenvalue weighted by Gasteiger charge is -2.22. The zero-order valence-electron chi connectivity index (χ0n) is 8.99. The van der Waals surface area contributed by atoms with Crippen molar-refractivity contribution in [3.63, 3.8) is 0 Å². The zero-order valence-corrected chi connectivity index (χ0v) is 9.81. The van der Waals surface area contributed by atoms with E-state index in [0.717, 1.165) is 36.7 Å². The van der Waals surface area contributed by atoms with Gasteiger partial charge in [0.2, 0.25) is 0 Å². The van der Waals surface area contributed by atoms with E-state index in [0.29, 0.717) is 6.04 Å². The monoisotopic (exact) mass is 227 g/mol. The van der Waals surface area contributed by atoms with Gasteiger partial charge in [-0.2, -0.15) is 0 Å². The van der Waals surface area contributed by atoms with Crippen LogP contribution in [-0.2, 0) is 17.3 Å². The SMILES string of the molecule is Cc1ccoc1CNC1CCS(=O)CC1. The fourth-order valence-corrected chi connectivity index (χ4v) is 3.12. The first-order chi connectivity index (χ1) is 7.25. The fourth-order valence-electron chi connectivity index (χ4n) is 1.82. The highest BCUT2D eigenvalue weighted by atomic mass is 32.2. The smallest absolute Gasteiger partial charge is 0.120 e. The van der Waals surface area contributed by atoms with E-state index in [1.165, 1.54) is 5.56 Å². The molecule has 0 amide bonds. The van der Waals surface area contributed by atoms with Crippen molar-refractivity contribution in [3.05, 3.63) is 23.7 Å². The van der Waals surface area contributed by atoms with Crippen LogP contribution in [0.1, 0.15) is 24.2 Å². The van der Waals surface area contributed by atoms with Gasteiger partial charge in [-0.3, -0.25) is 4.21 Å². The second-order valence-electron chi connectivity index (χ2n) is 4.03. The molecule has 1 aliphatic rings. The van der Waals surface area contributed by atoms with Gasteiger partial charge >= 0.3 is 0 Å². The van der Waals surface area contributed by atoms with Crippen LogP contribution < -0.4 is 5.32 Å². The second kappa shape index (κ2) is 4.94. The first-order valence-corrected chi connectivity index (χ1v) is 6.86. The van der Waals surface area contributed by atoms with Gasteiger partial charge in [-0.25, -0.2) is 0 Å². The van der Waals surface area contributed by atoms with Crippen molar-refractivity contribution in [3.8, 4) is 0 Å². The van der Waals surface area contributed by atoms with E-state index in [1.807, 2.05) is 6.07 Å². The maximum atomic E-state index is 11.2. The van der Waals surface area contributed by atoms with Gasteiger partial charge in [-0.1, -0.05) is 0 Å². The summed E-state index contributed by atoms with van der Waals surface area (Å²) < 4.78 is 16.5. The molecular weight excluding hydrogens is 210 g/mol. The Morgan fingerprint density at radius 2 is 2.27 bits per heavy atom. The van der Waals surface area contributed by atoms with Gasteiger partial charge in [0, 0.05) is 28.3 Å². The van der Waals surface area contributed by atoms with Crippen LogP contribution in [0, 0.1) is 6.92 Å². The molecule has 1 aromatic heterocycles. The van der Waals surface area contributed by atoms with Crippen LogP contribution in [0.5, 0.6) is 0 Å². The molecule has 15 heavy (non-hydrogen) atoms. The summed E-state index contributed by atoms with van der Waals surface area (Å²) in [4.78, 5) is 0. The van der Waals surface area contributed by atoms with Gasteiger partial charge in [0.25, 0.3) is 0 Å². The molecule has 0 aromatic carbocycles. The topological polar surface area (TPSA) is 42.2 Å². The van der Waals surface area contributed by atoms with Crippen molar-refractivity contribution in [2.75, 3.05) is 11.5 Å². The molecule has 1 fully saturated rings. The molecule has 2 rings (SSSR count). The molecule has 0 spiro atoms. The quantitative estimate of drug-likeness (QED) is 0.852. The molecule has 1 N–H and O–H groups in total. The largest absolute Gasteiger partial charge is 0.468 e. The molecule has 1 aromatic rings. The Kier molecular flexibility index (Phi) is 3.59. The molecule has 0 atom stereocenters. The van der Waals surface area contributed by atoms with Crippen LogP contribution in [0.25, 0.3) is 0 Å². The molecule has 0 radical (unpaired) electrons. The average molecular weight is 227 g/mol. The van der Waals surface area contributed by atoms with E-state index < -0.39 is 10.8 Å². The molecular formula is C11H17NO2S. The number of hydrogen-bond acceptors (Lipinski definition) is 3. The van der Waals surface area contributed by atoms with Gasteiger partial charge in [0.15, 0.2) is 0 Å². The van der Waals surface area contributed by atoms with Crippen molar-refractivity contribution >= 4 is 10.8 Å². The summed E-state index contributed by atoms with van der Waals surface area (Å²) >= 11 is 0. The van der Waals surface area contributed by atoms with Crippen molar-refractivity contribution in [2.24, 2.45) is 0 Å². The highest BCUT2D eigenvalue weighted by Gasteiger charge is 2.17. The Labute approximate surface area is 92.7 Å². The summed E-state index contributed by atoms with van der Waals surface area (Å²) in [7, 11) is -0.569. The van der Waals surface area contributed by atoms with E-state index in [9.17, 15) is 4.21 Å². The summed E-state index contributed by atoms with van der Waals surface area (Å²) in [6, 6.07) is 2.49. The van der Waals surface area contributed by atoms with E-state index in [4.69, 9.17) is 4.42 Å². The fraction of sp³-hybridized carbons (Fsp3) is 0.636. The number of rotatable bonds is 3. The minimum atomic E-state index is -0.569. The number of nitrogens with one attached hydrogen (secondary N) is 1. The lowest BCUT2D eigenvalue weighted by atomic mass is 10.1. The third-order valence-electron chi connectivity index (χ3n) is 2.91. The van der Waals surface area contributed by atoms with Gasteiger partial charge in [0.05, 0.1) is 12.8 Å². The summed E-state index contributed by atoms with van der Waals surface area (Å²) in [5.74, 6) is 2.70. The Morgan fingerprint density at radius 3 is 2.87 bits per heavy atom. The lowest BCUT2D eigenvalue weighted by molar-refractivity contribution is 0.424. The van der Waals surface area contributed by atoms with Crippen LogP contribution in [0.4, 0.5) is 0 Å². The van der Waals surface area contributed by atoms with Crippen LogP contribution in [-0.4, -0.2) is 21.8 Å². The summed E-state index contributed by atoms with van der Waals surface area (Å²) in [5.41, 5.74) is 1.20. The summed E-state index contributed by atoms with van der Waals surface area (Å²) in [6.45, 7) is 2.84. The minimum Gasteiger partial charge on any atom is -0.468 e. The summed E-state index contributed by atoms with van der Waals surface area (Å²) in [5, 5.41) is 3.46. The van der Waals surface area contributed by atoms with Crippen molar-refractivity contribution in [2.45, 2.75) is 32.4 Å². The molecule has 0 saturated carbocycles. The van der Waals surface area contributed by atoms with Crippen molar-refractivity contribution < 1.29 is 8.63 Å². The molecule has 1 saturated heterocycles. The molecule has 3 nitrogen and oxygen atoms in total. The lowest BCUT2D eigenvalue weighted by Crippen LogP contribution is -2.35. The molecule has 4 heteroatoms. The van der Waals surface area contributed by atoms with E-state index in [1.54, 1.807) is 6.26 Å². The molecule has 1 aliphatic heterocycles. The van der Waals surface area contributed by atoms with Gasteiger partial charge < -0.3 is 9.73 Å². The molecule has 84 valence electrons. The van der Waals surface area contributed by atoms with Crippen LogP contribution in [0.3, 0.4) is 0 Å². The Bertz CT molecular complexity index is 338. The normalized spacial score (nSPS) is 26.7. The molecule has 2 heterocycles. The number of hydrogen-bond donors (Lipinski definition) is 1. The zero-order chi connectivity index (χ0) is 10.7. The highest BCUT2D eigenvalue weighted by molar-refractivity contribution is 7.85. The number of aryl methyl sites for hydroxylation is 1. The third kappa shape index (κ3) is 2.92. The second-order valence-corrected chi connectivity index (χ2v) is 5.73. The Balaban J connectivity index is 1.79. The van der Waals surface area contributed by atoms with Crippen molar-refractivity contribution in [1.82, 2.24) is 5.32 Å². The maximum absolute atomic E-state index is 11.2. The third-order valence-corrected chi connectivity index (χ3v) is 4.29. The Hall–Kier alpha value is -0.610. The first-order valence-electron chi connectivity index (χ1n) is 5.37.